The van der Waals surface area contributed by atoms with E-state index in [1.54, 1.807) is 6.07 Å². The van der Waals surface area contributed by atoms with E-state index in [4.69, 9.17) is 0 Å². The van der Waals surface area contributed by atoms with Crippen molar-refractivity contribution < 1.29 is 5.11 Å². The molecule has 0 atom stereocenters. The van der Waals surface area contributed by atoms with Gasteiger partial charge in [-0.15, -0.1) is 0 Å². The molecule has 0 bridgehead atoms. The minimum Gasteiger partial charge on any atom is -0.508 e. The van der Waals surface area contributed by atoms with Gasteiger partial charge in [0.2, 0.25) is 0 Å². The molecule has 0 aliphatic carbocycles. The molecular formula is C13H18O. The number of phenols is 1. The third-order valence-electron chi connectivity index (χ3n) is 2.26. The zero-order valence-corrected chi connectivity index (χ0v) is 8.96. The molecular weight excluding hydrogens is 172 g/mol. The first-order valence-electron chi connectivity index (χ1n) is 5.20. The first kappa shape index (κ1) is 10.8. The Morgan fingerprint density at radius 3 is 2.79 bits per heavy atom. The SMILES string of the molecule is CCCCC=Cc1ccc(O)c(C)c1. The van der Waals surface area contributed by atoms with Crippen LogP contribution in [0.25, 0.3) is 6.08 Å². The van der Waals surface area contributed by atoms with Gasteiger partial charge in [0.05, 0.1) is 0 Å². The Hall–Kier alpha value is -1.24. The number of hydrogen-bond donors (Lipinski definition) is 1. The Morgan fingerprint density at radius 1 is 1.36 bits per heavy atom. The zero-order chi connectivity index (χ0) is 10.4. The Bertz CT molecular complexity index is 313. The van der Waals surface area contributed by atoms with E-state index >= 15 is 0 Å². The highest BCUT2D eigenvalue weighted by atomic mass is 16.3. The molecule has 0 unspecified atom stereocenters. The van der Waals surface area contributed by atoms with Gasteiger partial charge in [-0.2, -0.15) is 0 Å². The van der Waals surface area contributed by atoms with E-state index in [2.05, 4.69) is 19.1 Å². The summed E-state index contributed by atoms with van der Waals surface area (Å²) >= 11 is 0. The summed E-state index contributed by atoms with van der Waals surface area (Å²) in [4.78, 5) is 0. The molecule has 1 aromatic rings. The molecule has 0 spiro atoms. The van der Waals surface area contributed by atoms with E-state index in [1.165, 1.54) is 12.8 Å². The maximum Gasteiger partial charge on any atom is 0.118 e. The molecule has 0 radical (unpaired) electrons. The van der Waals surface area contributed by atoms with Gasteiger partial charge in [0.25, 0.3) is 0 Å². The van der Waals surface area contributed by atoms with Gasteiger partial charge in [0.15, 0.2) is 0 Å². The lowest BCUT2D eigenvalue weighted by molar-refractivity contribution is 0.471. The number of benzene rings is 1. The molecule has 0 amide bonds. The highest BCUT2D eigenvalue weighted by Crippen LogP contribution is 2.17. The fourth-order valence-corrected chi connectivity index (χ4v) is 1.32. The average Bonchev–Trinajstić information content (AvgIpc) is 2.18. The normalized spacial score (nSPS) is 11.0. The van der Waals surface area contributed by atoms with Gasteiger partial charge >= 0.3 is 0 Å². The molecule has 1 nitrogen and oxygen atoms in total. The summed E-state index contributed by atoms with van der Waals surface area (Å²) in [5, 5.41) is 9.33. The maximum atomic E-state index is 9.33. The van der Waals surface area contributed by atoms with Crippen LogP contribution in [0.5, 0.6) is 5.75 Å². The van der Waals surface area contributed by atoms with Crippen molar-refractivity contribution in [3.63, 3.8) is 0 Å². The summed E-state index contributed by atoms with van der Waals surface area (Å²) in [6, 6.07) is 5.68. The Kier molecular flexibility index (Phi) is 4.24. The highest BCUT2D eigenvalue weighted by molar-refractivity contribution is 5.52. The molecule has 0 fully saturated rings. The number of aromatic hydroxyl groups is 1. The van der Waals surface area contributed by atoms with Gasteiger partial charge in [-0.1, -0.05) is 38.0 Å². The predicted octanol–water partition coefficient (Wildman–Crippen LogP) is 3.90. The van der Waals surface area contributed by atoms with E-state index in [-0.39, 0.29) is 0 Å². The van der Waals surface area contributed by atoms with Crippen LogP contribution in [0.15, 0.2) is 24.3 Å². The Morgan fingerprint density at radius 2 is 2.14 bits per heavy atom. The molecule has 1 rings (SSSR count). The number of unbranched alkanes of at least 4 members (excludes halogenated alkanes) is 2. The van der Waals surface area contributed by atoms with Crippen molar-refractivity contribution in [1.29, 1.82) is 0 Å². The second-order valence-corrected chi connectivity index (χ2v) is 3.59. The fourth-order valence-electron chi connectivity index (χ4n) is 1.32. The van der Waals surface area contributed by atoms with Crippen LogP contribution in [-0.2, 0) is 0 Å². The lowest BCUT2D eigenvalue weighted by Crippen LogP contribution is -1.77. The van der Waals surface area contributed by atoms with Crippen LogP contribution in [0.3, 0.4) is 0 Å². The van der Waals surface area contributed by atoms with Crippen LogP contribution in [0.4, 0.5) is 0 Å². The van der Waals surface area contributed by atoms with Gasteiger partial charge < -0.3 is 5.11 Å². The summed E-state index contributed by atoms with van der Waals surface area (Å²) in [5.74, 6) is 0.371. The third-order valence-corrected chi connectivity index (χ3v) is 2.26. The van der Waals surface area contributed by atoms with Gasteiger partial charge in [-0.25, -0.2) is 0 Å². The Labute approximate surface area is 86.1 Å². The van der Waals surface area contributed by atoms with Crippen molar-refractivity contribution in [3.05, 3.63) is 35.4 Å². The lowest BCUT2D eigenvalue weighted by Gasteiger charge is -1.99. The number of aryl methyl sites for hydroxylation is 1. The summed E-state index contributed by atoms with van der Waals surface area (Å²) in [5.41, 5.74) is 2.10. The summed E-state index contributed by atoms with van der Waals surface area (Å²) in [6.45, 7) is 4.11. The lowest BCUT2D eigenvalue weighted by atomic mass is 10.1. The van der Waals surface area contributed by atoms with E-state index in [0.717, 1.165) is 17.5 Å². The van der Waals surface area contributed by atoms with Crippen LogP contribution in [-0.4, -0.2) is 5.11 Å². The summed E-state index contributed by atoms with van der Waals surface area (Å²) < 4.78 is 0. The van der Waals surface area contributed by atoms with Crippen LogP contribution in [0.1, 0.15) is 37.3 Å². The molecule has 0 aromatic heterocycles. The van der Waals surface area contributed by atoms with Crippen LogP contribution in [0.2, 0.25) is 0 Å². The minimum absolute atomic E-state index is 0.371. The van der Waals surface area contributed by atoms with Gasteiger partial charge in [-0.3, -0.25) is 0 Å². The molecule has 1 aromatic carbocycles. The maximum absolute atomic E-state index is 9.33. The van der Waals surface area contributed by atoms with Crippen molar-refractivity contribution in [2.75, 3.05) is 0 Å². The molecule has 1 heteroatoms. The van der Waals surface area contributed by atoms with Crippen molar-refractivity contribution in [2.24, 2.45) is 0 Å². The summed E-state index contributed by atoms with van der Waals surface area (Å²) in [6.07, 6.45) is 7.92. The van der Waals surface area contributed by atoms with Gasteiger partial charge in [0.1, 0.15) is 5.75 Å². The van der Waals surface area contributed by atoms with Crippen molar-refractivity contribution >= 4 is 6.08 Å². The Balaban J connectivity index is 2.59. The highest BCUT2D eigenvalue weighted by Gasteiger charge is 1.94. The topological polar surface area (TPSA) is 20.2 Å². The molecule has 0 aliphatic heterocycles. The van der Waals surface area contributed by atoms with E-state index in [0.29, 0.717) is 5.75 Å². The molecule has 0 heterocycles. The first-order valence-corrected chi connectivity index (χ1v) is 5.20. The number of hydrogen-bond acceptors (Lipinski definition) is 1. The average molecular weight is 190 g/mol. The smallest absolute Gasteiger partial charge is 0.118 e. The quantitative estimate of drug-likeness (QED) is 0.714. The van der Waals surface area contributed by atoms with Crippen LogP contribution < -0.4 is 0 Å². The molecule has 14 heavy (non-hydrogen) atoms. The standard InChI is InChI=1S/C13H18O/c1-3-4-5-6-7-12-8-9-13(14)11(2)10-12/h6-10,14H,3-5H2,1-2H3. The van der Waals surface area contributed by atoms with Crippen molar-refractivity contribution in [2.45, 2.75) is 33.1 Å². The van der Waals surface area contributed by atoms with Crippen LogP contribution >= 0.6 is 0 Å². The number of phenolic OH excluding ortho intramolecular Hbond substituents is 1. The minimum atomic E-state index is 0.371. The van der Waals surface area contributed by atoms with Crippen molar-refractivity contribution in [3.8, 4) is 5.75 Å². The second-order valence-electron chi connectivity index (χ2n) is 3.59. The largest absolute Gasteiger partial charge is 0.508 e. The molecule has 76 valence electrons. The molecule has 0 saturated carbocycles. The monoisotopic (exact) mass is 190 g/mol. The number of allylic oxidation sites excluding steroid dienone is 1. The van der Waals surface area contributed by atoms with Crippen molar-refractivity contribution in [1.82, 2.24) is 0 Å². The second kappa shape index (κ2) is 5.48. The van der Waals surface area contributed by atoms with E-state index in [1.807, 2.05) is 19.1 Å². The van der Waals surface area contributed by atoms with E-state index in [9.17, 15) is 5.11 Å². The zero-order valence-electron chi connectivity index (χ0n) is 8.96. The first-order chi connectivity index (χ1) is 6.74. The fraction of sp³-hybridized carbons (Fsp3) is 0.385. The van der Waals surface area contributed by atoms with E-state index < -0.39 is 0 Å². The number of rotatable bonds is 4. The molecule has 1 N–H and O–H groups in total. The molecule has 0 aliphatic rings. The summed E-state index contributed by atoms with van der Waals surface area (Å²) in [7, 11) is 0. The van der Waals surface area contributed by atoms with Gasteiger partial charge in [0, 0.05) is 0 Å². The predicted molar refractivity (Wildman–Crippen MR) is 61.4 cm³/mol. The van der Waals surface area contributed by atoms with Crippen LogP contribution in [0, 0.1) is 6.92 Å². The van der Waals surface area contributed by atoms with Gasteiger partial charge in [-0.05, 0) is 36.6 Å². The third kappa shape index (κ3) is 3.25. The molecule has 0 saturated heterocycles.